The predicted molar refractivity (Wildman–Crippen MR) is 123 cm³/mol. The first kappa shape index (κ1) is 24.1. The number of unbranched alkanes of at least 4 members (excludes halogenated alkanes) is 9. The largest absolute Gasteiger partial charge is 0.379 e. The maximum Gasteiger partial charge on any atom is 0.135 e. The van der Waals surface area contributed by atoms with E-state index >= 15 is 0 Å². The van der Waals surface area contributed by atoms with E-state index in [2.05, 4.69) is 43.6 Å². The van der Waals surface area contributed by atoms with Gasteiger partial charge >= 0.3 is 0 Å². The van der Waals surface area contributed by atoms with Crippen LogP contribution in [0.4, 0.5) is 0 Å². The third-order valence-electron chi connectivity index (χ3n) is 5.32. The molecule has 0 N–H and O–H groups in total. The molecule has 152 valence electrons. The SMILES string of the molecule is CC(C)OCCCSCCCCCCCCCCCC#C[Si]1(C)CCC1. The predicted octanol–water partition coefficient (Wildman–Crippen LogP) is 7.46. The van der Waals surface area contributed by atoms with Crippen molar-refractivity contribution in [3.8, 4) is 11.5 Å². The third-order valence-corrected chi connectivity index (χ3v) is 10.2. The lowest BCUT2D eigenvalue weighted by Gasteiger charge is -2.30. The monoisotopic (exact) mass is 396 g/mol. The molecule has 1 saturated heterocycles. The molecule has 1 rings (SSSR count). The zero-order chi connectivity index (χ0) is 18.9. The molecule has 1 nitrogen and oxygen atoms in total. The minimum Gasteiger partial charge on any atom is -0.379 e. The van der Waals surface area contributed by atoms with Crippen LogP contribution in [0.15, 0.2) is 0 Å². The normalized spacial score (nSPS) is 15.5. The van der Waals surface area contributed by atoms with Gasteiger partial charge in [-0.3, -0.25) is 0 Å². The van der Waals surface area contributed by atoms with Crippen LogP contribution in [0, 0.1) is 11.5 Å². The van der Waals surface area contributed by atoms with Crippen molar-refractivity contribution in [1.82, 2.24) is 0 Å². The fraction of sp³-hybridized carbons (Fsp3) is 0.913. The van der Waals surface area contributed by atoms with Crippen LogP contribution in [0.25, 0.3) is 0 Å². The second kappa shape index (κ2) is 16.1. The average molecular weight is 397 g/mol. The van der Waals surface area contributed by atoms with Gasteiger partial charge in [0.25, 0.3) is 0 Å². The van der Waals surface area contributed by atoms with E-state index in [1.165, 1.54) is 94.2 Å². The highest BCUT2D eigenvalue weighted by Gasteiger charge is 2.32. The third kappa shape index (κ3) is 14.2. The number of hydrogen-bond acceptors (Lipinski definition) is 2. The topological polar surface area (TPSA) is 9.23 Å². The minimum atomic E-state index is -0.978. The summed E-state index contributed by atoms with van der Waals surface area (Å²) in [6, 6.07) is 2.93. The molecule has 0 radical (unpaired) electrons. The molecule has 0 aromatic rings. The molecule has 0 aromatic carbocycles. The molecule has 0 unspecified atom stereocenters. The molecule has 0 saturated carbocycles. The Morgan fingerprint density at radius 1 is 0.846 bits per heavy atom. The van der Waals surface area contributed by atoms with Gasteiger partial charge in [-0.05, 0) is 56.7 Å². The van der Waals surface area contributed by atoms with Gasteiger partial charge in [0.1, 0.15) is 8.07 Å². The Balaban J connectivity index is 1.69. The first-order valence-electron chi connectivity index (χ1n) is 11.3. The van der Waals surface area contributed by atoms with Crippen molar-refractivity contribution >= 4 is 19.8 Å². The summed E-state index contributed by atoms with van der Waals surface area (Å²) < 4.78 is 5.56. The van der Waals surface area contributed by atoms with Gasteiger partial charge in [-0.2, -0.15) is 11.8 Å². The maximum absolute atomic E-state index is 5.56. The number of hydrogen-bond donors (Lipinski definition) is 0. The van der Waals surface area contributed by atoms with Gasteiger partial charge in [-0.25, -0.2) is 0 Å². The Morgan fingerprint density at radius 3 is 2.00 bits per heavy atom. The van der Waals surface area contributed by atoms with E-state index in [9.17, 15) is 0 Å². The van der Waals surface area contributed by atoms with Crippen LogP contribution in [0.3, 0.4) is 0 Å². The first-order chi connectivity index (χ1) is 12.6. The van der Waals surface area contributed by atoms with E-state index in [1.807, 2.05) is 0 Å². The van der Waals surface area contributed by atoms with E-state index in [1.54, 1.807) is 0 Å². The Hall–Kier alpha value is 0.0869. The van der Waals surface area contributed by atoms with Crippen LogP contribution in [-0.4, -0.2) is 32.3 Å². The van der Waals surface area contributed by atoms with Gasteiger partial charge in [-0.15, -0.1) is 11.5 Å². The molecule has 1 aliphatic heterocycles. The summed E-state index contributed by atoms with van der Waals surface area (Å²) in [5, 5.41) is 0. The lowest BCUT2D eigenvalue weighted by Crippen LogP contribution is -2.36. The van der Waals surface area contributed by atoms with Crippen LogP contribution < -0.4 is 0 Å². The molecule has 1 fully saturated rings. The van der Waals surface area contributed by atoms with E-state index in [0.29, 0.717) is 6.10 Å². The molecule has 0 aliphatic carbocycles. The second-order valence-corrected chi connectivity index (χ2v) is 14.1. The Morgan fingerprint density at radius 2 is 1.42 bits per heavy atom. The van der Waals surface area contributed by atoms with Gasteiger partial charge in [0.05, 0.1) is 6.10 Å². The van der Waals surface area contributed by atoms with Crippen molar-refractivity contribution in [3.63, 3.8) is 0 Å². The summed E-state index contributed by atoms with van der Waals surface area (Å²) in [7, 11) is -0.978. The van der Waals surface area contributed by atoms with E-state index in [-0.39, 0.29) is 0 Å². The van der Waals surface area contributed by atoms with Crippen molar-refractivity contribution in [2.24, 2.45) is 0 Å². The van der Waals surface area contributed by atoms with Crippen LogP contribution >= 0.6 is 11.8 Å². The summed E-state index contributed by atoms with van der Waals surface area (Å²) >= 11 is 2.10. The zero-order valence-corrected chi connectivity index (χ0v) is 19.7. The summed E-state index contributed by atoms with van der Waals surface area (Å²) in [4.78, 5) is 0. The average Bonchev–Trinajstić information content (AvgIpc) is 2.59. The number of ether oxygens (including phenoxy) is 1. The lowest BCUT2D eigenvalue weighted by atomic mass is 10.1. The van der Waals surface area contributed by atoms with Gasteiger partial charge in [0.2, 0.25) is 0 Å². The van der Waals surface area contributed by atoms with Crippen molar-refractivity contribution in [1.29, 1.82) is 0 Å². The van der Waals surface area contributed by atoms with Gasteiger partial charge in [0.15, 0.2) is 0 Å². The zero-order valence-electron chi connectivity index (χ0n) is 17.9. The van der Waals surface area contributed by atoms with Gasteiger partial charge in [-0.1, -0.05) is 57.9 Å². The summed E-state index contributed by atoms with van der Waals surface area (Å²) in [6.45, 7) is 7.62. The minimum absolute atomic E-state index is 0.385. The van der Waals surface area contributed by atoms with Crippen LogP contribution in [0.1, 0.15) is 90.9 Å². The maximum atomic E-state index is 5.56. The Kier molecular flexibility index (Phi) is 14.9. The molecular weight excluding hydrogens is 352 g/mol. The molecule has 0 amide bonds. The second-order valence-electron chi connectivity index (χ2n) is 8.53. The van der Waals surface area contributed by atoms with Crippen LogP contribution in [0.2, 0.25) is 18.6 Å². The molecule has 0 aromatic heterocycles. The Bertz CT molecular complexity index is 381. The van der Waals surface area contributed by atoms with Gasteiger partial charge < -0.3 is 4.74 Å². The first-order valence-corrected chi connectivity index (χ1v) is 15.4. The molecular formula is C23H44OSSi. The van der Waals surface area contributed by atoms with Crippen molar-refractivity contribution in [2.45, 2.75) is 116 Å². The fourth-order valence-electron chi connectivity index (χ4n) is 3.35. The van der Waals surface area contributed by atoms with E-state index < -0.39 is 8.07 Å². The smallest absolute Gasteiger partial charge is 0.135 e. The van der Waals surface area contributed by atoms with Crippen molar-refractivity contribution in [3.05, 3.63) is 0 Å². The van der Waals surface area contributed by atoms with Crippen molar-refractivity contribution < 1.29 is 4.74 Å². The lowest BCUT2D eigenvalue weighted by molar-refractivity contribution is 0.0800. The summed E-state index contributed by atoms with van der Waals surface area (Å²) in [5.41, 5.74) is 3.63. The highest BCUT2D eigenvalue weighted by atomic mass is 32.2. The van der Waals surface area contributed by atoms with E-state index in [4.69, 9.17) is 4.74 Å². The summed E-state index contributed by atoms with van der Waals surface area (Å²) in [5.74, 6) is 6.08. The molecule has 1 heterocycles. The van der Waals surface area contributed by atoms with Gasteiger partial charge in [0, 0.05) is 13.0 Å². The van der Waals surface area contributed by atoms with Crippen LogP contribution in [-0.2, 0) is 4.74 Å². The Labute approximate surface area is 169 Å². The summed E-state index contributed by atoms with van der Waals surface area (Å²) in [6.07, 6.45) is 16.9. The highest BCUT2D eigenvalue weighted by Crippen LogP contribution is 2.31. The number of rotatable bonds is 16. The van der Waals surface area contributed by atoms with Crippen molar-refractivity contribution in [2.75, 3.05) is 18.1 Å². The quantitative estimate of drug-likeness (QED) is 0.152. The van der Waals surface area contributed by atoms with E-state index in [0.717, 1.165) is 13.0 Å². The fourth-order valence-corrected chi connectivity index (χ4v) is 6.50. The molecule has 26 heavy (non-hydrogen) atoms. The molecule has 1 aliphatic rings. The molecule has 0 bridgehead atoms. The molecule has 3 heteroatoms. The standard InChI is InChI=1S/C23H44OSSi/c1-23(2)24-17-15-19-25-18-13-11-9-7-5-4-6-8-10-12-14-20-26(3)21-16-22-26/h23H,4-13,15-19,21-22H2,1-3H3. The number of thioether (sulfide) groups is 1. The molecule has 0 spiro atoms. The molecule has 0 atom stereocenters. The highest BCUT2D eigenvalue weighted by molar-refractivity contribution is 7.99. The van der Waals surface area contributed by atoms with Crippen LogP contribution in [0.5, 0.6) is 0 Å².